The summed E-state index contributed by atoms with van der Waals surface area (Å²) < 4.78 is 46.8. The number of rotatable bonds is 8. The van der Waals surface area contributed by atoms with E-state index in [4.69, 9.17) is 21.1 Å². The summed E-state index contributed by atoms with van der Waals surface area (Å²) in [5.41, 5.74) is 0.103. The van der Waals surface area contributed by atoms with Crippen LogP contribution in [0.5, 0.6) is 11.5 Å². The van der Waals surface area contributed by atoms with Crippen molar-refractivity contribution in [3.63, 3.8) is 0 Å². The number of carbonyl (C=O) groups excluding carboxylic acids is 1. The molecule has 2 aromatic carbocycles. The molecule has 2 aromatic rings. The number of ether oxygens (including phenoxy) is 2. The highest BCUT2D eigenvalue weighted by molar-refractivity contribution is 7.99. The number of nitrogens with one attached hydrogen (secondary N) is 1. The minimum atomic E-state index is -4.48. The summed E-state index contributed by atoms with van der Waals surface area (Å²) in [4.78, 5) is 13.1. The fourth-order valence-corrected chi connectivity index (χ4v) is 3.06. The molecule has 0 radical (unpaired) electrons. The van der Waals surface area contributed by atoms with Crippen molar-refractivity contribution in [3.05, 3.63) is 47.5 Å². The Hall–Kier alpha value is -2.06. The maximum atomic E-state index is 12.3. The van der Waals surface area contributed by atoms with Crippen LogP contribution in [0.25, 0.3) is 0 Å². The van der Waals surface area contributed by atoms with Crippen LogP contribution < -0.4 is 14.8 Å². The lowest BCUT2D eigenvalue weighted by Gasteiger charge is -2.14. The van der Waals surface area contributed by atoms with E-state index in [9.17, 15) is 18.0 Å². The van der Waals surface area contributed by atoms with Gasteiger partial charge in [0.2, 0.25) is 5.91 Å². The van der Waals surface area contributed by atoms with E-state index in [1.807, 2.05) is 24.3 Å². The van der Waals surface area contributed by atoms with Gasteiger partial charge in [-0.05, 0) is 42.5 Å². The molecule has 0 aliphatic heterocycles. The zero-order chi connectivity index (χ0) is 19.9. The Morgan fingerprint density at radius 3 is 2.52 bits per heavy atom. The molecule has 0 fully saturated rings. The monoisotopic (exact) mass is 419 g/mol. The summed E-state index contributed by atoms with van der Waals surface area (Å²) in [5.74, 6) is 0.796. The van der Waals surface area contributed by atoms with E-state index >= 15 is 0 Å². The Balaban J connectivity index is 1.89. The Kier molecular flexibility index (Phi) is 7.67. The predicted molar refractivity (Wildman–Crippen MR) is 100.0 cm³/mol. The molecule has 0 aromatic heterocycles. The molecule has 0 saturated heterocycles. The molecule has 27 heavy (non-hydrogen) atoms. The van der Waals surface area contributed by atoms with E-state index < -0.39 is 12.8 Å². The lowest BCUT2D eigenvalue weighted by Crippen LogP contribution is -2.20. The first-order chi connectivity index (χ1) is 12.8. The number of hydrogen-bond acceptors (Lipinski definition) is 4. The van der Waals surface area contributed by atoms with Crippen molar-refractivity contribution in [1.82, 2.24) is 0 Å². The van der Waals surface area contributed by atoms with Crippen LogP contribution in [0.4, 0.5) is 18.9 Å². The quantitative estimate of drug-likeness (QED) is 0.581. The van der Waals surface area contributed by atoms with Gasteiger partial charge in [-0.1, -0.05) is 11.6 Å². The summed E-state index contributed by atoms with van der Waals surface area (Å²) in [6.45, 7) is -1.45. The van der Waals surface area contributed by atoms with E-state index in [0.29, 0.717) is 5.75 Å². The van der Waals surface area contributed by atoms with Gasteiger partial charge in [0.05, 0.1) is 12.8 Å². The second-order valence-electron chi connectivity index (χ2n) is 5.37. The third kappa shape index (κ3) is 7.60. The van der Waals surface area contributed by atoms with Crippen LogP contribution in [-0.2, 0) is 4.79 Å². The molecule has 1 N–H and O–H groups in total. The standard InChI is InChI=1S/C18H17ClF3NO3S/c1-25-13-3-5-14(6-4-13)27-9-8-17(24)23-15-10-12(19)2-7-16(15)26-11-18(20,21)22/h2-7,10H,8-9,11H2,1H3,(H,23,24). The molecule has 0 saturated carbocycles. The first kappa shape index (κ1) is 21.2. The maximum absolute atomic E-state index is 12.3. The van der Waals surface area contributed by atoms with Gasteiger partial charge in [0.15, 0.2) is 6.61 Å². The van der Waals surface area contributed by atoms with Crippen LogP contribution in [0.1, 0.15) is 6.42 Å². The number of carbonyl (C=O) groups is 1. The lowest BCUT2D eigenvalue weighted by molar-refractivity contribution is -0.153. The number of anilines is 1. The van der Waals surface area contributed by atoms with E-state index in [1.54, 1.807) is 7.11 Å². The summed E-state index contributed by atoms with van der Waals surface area (Å²) in [5, 5.41) is 2.82. The molecule has 0 bridgehead atoms. The van der Waals surface area contributed by atoms with Crippen molar-refractivity contribution in [3.8, 4) is 11.5 Å². The molecule has 0 heterocycles. The van der Waals surface area contributed by atoms with Gasteiger partial charge in [-0.2, -0.15) is 13.2 Å². The smallest absolute Gasteiger partial charge is 0.422 e. The van der Waals surface area contributed by atoms with Crippen LogP contribution in [0.2, 0.25) is 5.02 Å². The second-order valence-corrected chi connectivity index (χ2v) is 6.97. The van der Waals surface area contributed by atoms with Crippen LogP contribution in [0.15, 0.2) is 47.4 Å². The zero-order valence-corrected chi connectivity index (χ0v) is 15.9. The van der Waals surface area contributed by atoms with Gasteiger partial charge in [-0.3, -0.25) is 4.79 Å². The fraction of sp³-hybridized carbons (Fsp3) is 0.278. The van der Waals surface area contributed by atoms with Gasteiger partial charge in [-0.15, -0.1) is 11.8 Å². The number of thioether (sulfide) groups is 1. The average Bonchev–Trinajstić information content (AvgIpc) is 2.61. The fourth-order valence-electron chi connectivity index (χ4n) is 2.03. The highest BCUT2D eigenvalue weighted by Gasteiger charge is 2.29. The molecule has 0 atom stereocenters. The van der Waals surface area contributed by atoms with Gasteiger partial charge in [0, 0.05) is 22.1 Å². The molecular weight excluding hydrogens is 403 g/mol. The van der Waals surface area contributed by atoms with E-state index in [-0.39, 0.29) is 28.8 Å². The van der Waals surface area contributed by atoms with E-state index in [2.05, 4.69) is 5.32 Å². The van der Waals surface area contributed by atoms with Gasteiger partial charge >= 0.3 is 6.18 Å². The molecule has 1 amide bonds. The molecule has 4 nitrogen and oxygen atoms in total. The van der Waals surface area contributed by atoms with Crippen LogP contribution in [-0.4, -0.2) is 31.6 Å². The summed E-state index contributed by atoms with van der Waals surface area (Å²) in [6.07, 6.45) is -4.31. The predicted octanol–water partition coefficient (Wildman–Crippen LogP) is 5.41. The molecule has 0 aliphatic carbocycles. The normalized spacial score (nSPS) is 11.1. The first-order valence-corrected chi connectivity index (χ1v) is 9.19. The highest BCUT2D eigenvalue weighted by Crippen LogP contribution is 2.30. The topological polar surface area (TPSA) is 47.6 Å². The van der Waals surface area contributed by atoms with E-state index in [0.717, 1.165) is 10.6 Å². The highest BCUT2D eigenvalue weighted by atomic mass is 35.5. The Labute approximate surface area is 164 Å². The van der Waals surface area contributed by atoms with Crippen molar-refractivity contribution in [2.75, 3.05) is 24.8 Å². The molecule has 2 rings (SSSR count). The number of halogens is 4. The van der Waals surface area contributed by atoms with E-state index in [1.165, 1.54) is 30.0 Å². The number of benzene rings is 2. The number of amides is 1. The first-order valence-electron chi connectivity index (χ1n) is 7.82. The lowest BCUT2D eigenvalue weighted by atomic mass is 10.3. The molecule has 0 aliphatic rings. The number of hydrogen-bond donors (Lipinski definition) is 1. The largest absolute Gasteiger partial charge is 0.497 e. The zero-order valence-electron chi connectivity index (χ0n) is 14.3. The minimum Gasteiger partial charge on any atom is -0.497 e. The van der Waals surface area contributed by atoms with Crippen molar-refractivity contribution in [2.45, 2.75) is 17.5 Å². The molecule has 9 heteroatoms. The number of alkyl halides is 3. The molecule has 146 valence electrons. The molecule has 0 spiro atoms. The SMILES string of the molecule is COc1ccc(SCCC(=O)Nc2cc(Cl)ccc2OCC(F)(F)F)cc1. The molecular formula is C18H17ClF3NO3S. The van der Waals surface area contributed by atoms with Gasteiger partial charge in [-0.25, -0.2) is 0 Å². The second kappa shape index (κ2) is 9.75. The Bertz CT molecular complexity index is 769. The van der Waals surface area contributed by atoms with Crippen LogP contribution in [0, 0.1) is 0 Å². The van der Waals surface area contributed by atoms with Gasteiger partial charge < -0.3 is 14.8 Å². The average molecular weight is 420 g/mol. The van der Waals surface area contributed by atoms with Crippen molar-refractivity contribution < 1.29 is 27.4 Å². The van der Waals surface area contributed by atoms with Crippen molar-refractivity contribution in [2.24, 2.45) is 0 Å². The molecule has 0 unspecified atom stereocenters. The summed E-state index contributed by atoms with van der Waals surface area (Å²) in [6, 6.07) is 11.4. The minimum absolute atomic E-state index is 0.0899. The Morgan fingerprint density at radius 2 is 1.89 bits per heavy atom. The summed E-state index contributed by atoms with van der Waals surface area (Å²) >= 11 is 7.33. The van der Waals surface area contributed by atoms with Gasteiger partial charge in [0.1, 0.15) is 11.5 Å². The number of methoxy groups -OCH3 is 1. The third-order valence-corrected chi connectivity index (χ3v) is 4.51. The summed E-state index contributed by atoms with van der Waals surface area (Å²) in [7, 11) is 1.58. The van der Waals surface area contributed by atoms with Crippen molar-refractivity contribution in [1.29, 1.82) is 0 Å². The van der Waals surface area contributed by atoms with Crippen LogP contribution in [0.3, 0.4) is 0 Å². The van der Waals surface area contributed by atoms with Crippen LogP contribution >= 0.6 is 23.4 Å². The third-order valence-electron chi connectivity index (χ3n) is 3.26. The van der Waals surface area contributed by atoms with Gasteiger partial charge in [0.25, 0.3) is 0 Å². The maximum Gasteiger partial charge on any atom is 0.422 e. The Morgan fingerprint density at radius 1 is 1.19 bits per heavy atom. The van der Waals surface area contributed by atoms with Crippen molar-refractivity contribution >= 4 is 35.0 Å².